The quantitative estimate of drug-likeness (QED) is 0.527. The van der Waals surface area contributed by atoms with E-state index in [0.717, 1.165) is 11.1 Å². The molecular weight excluding hydrogens is 350 g/mol. The maximum atomic E-state index is 13.3. The smallest absolute Gasteiger partial charge is 0.261 e. The van der Waals surface area contributed by atoms with Gasteiger partial charge in [0, 0.05) is 16.8 Å². The second-order valence-electron chi connectivity index (χ2n) is 6.79. The number of ketones is 1. The highest BCUT2D eigenvalue weighted by atomic mass is 16.3. The zero-order valence-electron chi connectivity index (χ0n) is 15.1. The van der Waals surface area contributed by atoms with E-state index in [-0.39, 0.29) is 12.2 Å². The second kappa shape index (κ2) is 7.25. The third-order valence-corrected chi connectivity index (χ3v) is 4.91. The molecule has 1 aliphatic rings. The summed E-state index contributed by atoms with van der Waals surface area (Å²) in [6, 6.07) is 25.7. The molecule has 0 aliphatic carbocycles. The van der Waals surface area contributed by atoms with Gasteiger partial charge in [0.25, 0.3) is 5.91 Å². The van der Waals surface area contributed by atoms with Crippen LogP contribution in [0.1, 0.15) is 23.1 Å². The van der Waals surface area contributed by atoms with Gasteiger partial charge in [0.1, 0.15) is 0 Å². The van der Waals surface area contributed by atoms with Crippen molar-refractivity contribution in [1.29, 1.82) is 0 Å². The Morgan fingerprint density at radius 1 is 0.893 bits per heavy atom. The molecule has 0 fully saturated rings. The molecule has 0 spiro atoms. The number of amides is 1. The Kier molecular flexibility index (Phi) is 4.63. The van der Waals surface area contributed by atoms with Crippen LogP contribution in [0.15, 0.2) is 84.9 Å². The highest BCUT2D eigenvalue weighted by Gasteiger charge is 2.46. The van der Waals surface area contributed by atoms with Crippen molar-refractivity contribution in [2.24, 2.45) is 0 Å². The molecule has 0 bridgehead atoms. The summed E-state index contributed by atoms with van der Waals surface area (Å²) in [5.41, 5.74) is 1.16. The minimum atomic E-state index is -1.88. The minimum absolute atomic E-state index is 0.301. The van der Waals surface area contributed by atoms with E-state index >= 15 is 0 Å². The lowest BCUT2D eigenvalue weighted by molar-refractivity contribution is -0.138. The van der Waals surface area contributed by atoms with Crippen LogP contribution in [-0.4, -0.2) is 16.8 Å². The van der Waals surface area contributed by atoms with E-state index < -0.39 is 11.5 Å². The van der Waals surface area contributed by atoms with Gasteiger partial charge in [0.05, 0.1) is 6.42 Å². The summed E-state index contributed by atoms with van der Waals surface area (Å²) in [5, 5.41) is 13.7. The van der Waals surface area contributed by atoms with Crippen LogP contribution in [0.3, 0.4) is 0 Å². The van der Waals surface area contributed by atoms with Crippen molar-refractivity contribution in [3.05, 3.63) is 102 Å². The average molecular weight is 369 g/mol. The van der Waals surface area contributed by atoms with Gasteiger partial charge in [-0.1, -0.05) is 78.9 Å². The molecule has 1 amide bonds. The van der Waals surface area contributed by atoms with E-state index in [0.29, 0.717) is 16.8 Å². The molecule has 0 radical (unpaired) electrons. The zero-order chi connectivity index (χ0) is 19.6. The highest BCUT2D eigenvalue weighted by Crippen LogP contribution is 2.39. The zero-order valence-corrected chi connectivity index (χ0v) is 15.1. The number of hydrogen-bond acceptors (Lipinski definition) is 3. The fourth-order valence-corrected chi connectivity index (χ4v) is 3.46. The summed E-state index contributed by atoms with van der Waals surface area (Å²) >= 11 is 0. The topological polar surface area (TPSA) is 66.4 Å². The Labute approximate surface area is 163 Å². The van der Waals surface area contributed by atoms with Crippen molar-refractivity contribution in [2.75, 3.05) is 5.32 Å². The maximum Gasteiger partial charge on any atom is 0.261 e. The Bertz CT molecular complexity index is 1060. The molecule has 0 aromatic heterocycles. The third kappa shape index (κ3) is 3.26. The molecule has 4 heteroatoms. The van der Waals surface area contributed by atoms with Crippen molar-refractivity contribution in [3.63, 3.8) is 0 Å². The van der Waals surface area contributed by atoms with Gasteiger partial charge in [-0.3, -0.25) is 9.59 Å². The number of carbonyl (C=O) groups is 2. The number of hydrogen-bond donors (Lipinski definition) is 2. The number of fused-ring (bicyclic) bond motifs is 1. The number of allylic oxidation sites excluding steroid dienone is 1. The standard InChI is InChI=1S/C24H19NO3/c26-22(16-24(28)20-13-7-8-14-21(20)25-23(24)27)19(18-11-5-2-6-12-18)15-17-9-3-1-4-10-17/h1-15,28H,16H2,(H,25,27)/b19-15+. The molecule has 1 unspecified atom stereocenters. The van der Waals surface area contributed by atoms with E-state index in [1.807, 2.05) is 60.7 Å². The summed E-state index contributed by atoms with van der Waals surface area (Å²) in [6.45, 7) is 0. The fourth-order valence-electron chi connectivity index (χ4n) is 3.46. The molecule has 138 valence electrons. The number of aliphatic hydroxyl groups is 1. The number of benzene rings is 3. The number of rotatable bonds is 5. The first kappa shape index (κ1) is 17.9. The first-order valence-electron chi connectivity index (χ1n) is 9.07. The predicted molar refractivity (Wildman–Crippen MR) is 109 cm³/mol. The molecule has 4 nitrogen and oxygen atoms in total. The van der Waals surface area contributed by atoms with Crippen molar-refractivity contribution in [2.45, 2.75) is 12.0 Å². The minimum Gasteiger partial charge on any atom is -0.375 e. The molecule has 0 saturated heterocycles. The lowest BCUT2D eigenvalue weighted by Crippen LogP contribution is -2.36. The van der Waals surface area contributed by atoms with Crippen molar-refractivity contribution in [3.8, 4) is 0 Å². The van der Waals surface area contributed by atoms with Crippen LogP contribution >= 0.6 is 0 Å². The number of Topliss-reactive ketones (excluding diaryl/α,β-unsaturated/α-hetero) is 1. The van der Waals surface area contributed by atoms with Crippen LogP contribution in [-0.2, 0) is 15.2 Å². The normalized spacial score (nSPS) is 18.5. The first-order valence-corrected chi connectivity index (χ1v) is 9.07. The summed E-state index contributed by atoms with van der Waals surface area (Å²) < 4.78 is 0. The van der Waals surface area contributed by atoms with Gasteiger partial charge in [0.15, 0.2) is 11.4 Å². The van der Waals surface area contributed by atoms with Crippen LogP contribution in [0.5, 0.6) is 0 Å². The lowest BCUT2D eigenvalue weighted by Gasteiger charge is -2.21. The summed E-state index contributed by atoms with van der Waals surface area (Å²) in [7, 11) is 0. The fraction of sp³-hybridized carbons (Fsp3) is 0.0833. The van der Waals surface area contributed by atoms with Gasteiger partial charge in [-0.25, -0.2) is 0 Å². The maximum absolute atomic E-state index is 13.3. The average Bonchev–Trinajstić information content (AvgIpc) is 2.97. The number of anilines is 1. The second-order valence-corrected chi connectivity index (χ2v) is 6.79. The first-order chi connectivity index (χ1) is 13.6. The molecule has 3 aromatic rings. The monoisotopic (exact) mass is 369 g/mol. The molecule has 0 saturated carbocycles. The van der Waals surface area contributed by atoms with Crippen LogP contribution in [0, 0.1) is 0 Å². The third-order valence-electron chi connectivity index (χ3n) is 4.91. The Balaban J connectivity index is 1.73. The van der Waals surface area contributed by atoms with E-state index in [9.17, 15) is 14.7 Å². The summed E-state index contributed by atoms with van der Waals surface area (Å²) in [6.07, 6.45) is 1.46. The molecule has 3 aromatic carbocycles. The van der Waals surface area contributed by atoms with Crippen molar-refractivity contribution >= 4 is 29.0 Å². The Morgan fingerprint density at radius 3 is 2.21 bits per heavy atom. The molecule has 2 N–H and O–H groups in total. The van der Waals surface area contributed by atoms with Crippen LogP contribution < -0.4 is 5.32 Å². The van der Waals surface area contributed by atoms with Gasteiger partial charge < -0.3 is 10.4 Å². The molecule has 1 atom stereocenters. The summed E-state index contributed by atoms with van der Waals surface area (Å²) in [5.74, 6) is -0.876. The van der Waals surface area contributed by atoms with E-state index in [2.05, 4.69) is 5.32 Å². The molecular formula is C24H19NO3. The SMILES string of the molecule is O=C(CC1(O)C(=O)Nc2ccccc21)/C(=C/c1ccccc1)c1ccccc1. The van der Waals surface area contributed by atoms with Gasteiger partial charge in [0.2, 0.25) is 0 Å². The van der Waals surface area contributed by atoms with Gasteiger partial charge in [-0.15, -0.1) is 0 Å². The number of para-hydroxylation sites is 1. The van der Waals surface area contributed by atoms with E-state index in [1.165, 1.54) is 0 Å². The van der Waals surface area contributed by atoms with Gasteiger partial charge in [-0.2, -0.15) is 0 Å². The highest BCUT2D eigenvalue weighted by molar-refractivity contribution is 6.26. The summed E-state index contributed by atoms with van der Waals surface area (Å²) in [4.78, 5) is 25.7. The predicted octanol–water partition coefficient (Wildman–Crippen LogP) is 4.03. The van der Waals surface area contributed by atoms with Gasteiger partial charge in [-0.05, 0) is 23.3 Å². The van der Waals surface area contributed by atoms with E-state index in [4.69, 9.17) is 0 Å². The largest absolute Gasteiger partial charge is 0.375 e. The lowest BCUT2D eigenvalue weighted by atomic mass is 9.86. The van der Waals surface area contributed by atoms with E-state index in [1.54, 1.807) is 30.3 Å². The van der Waals surface area contributed by atoms with Gasteiger partial charge >= 0.3 is 0 Å². The van der Waals surface area contributed by atoms with Crippen molar-refractivity contribution in [1.82, 2.24) is 0 Å². The number of carbonyl (C=O) groups excluding carboxylic acids is 2. The molecule has 4 rings (SSSR count). The Morgan fingerprint density at radius 2 is 1.50 bits per heavy atom. The van der Waals surface area contributed by atoms with Crippen LogP contribution in [0.2, 0.25) is 0 Å². The molecule has 28 heavy (non-hydrogen) atoms. The number of nitrogens with one attached hydrogen (secondary N) is 1. The molecule has 1 heterocycles. The van der Waals surface area contributed by atoms with Crippen molar-refractivity contribution < 1.29 is 14.7 Å². The van der Waals surface area contributed by atoms with Crippen LogP contribution in [0.4, 0.5) is 5.69 Å². The van der Waals surface area contributed by atoms with Crippen LogP contribution in [0.25, 0.3) is 11.6 Å². The molecule has 1 aliphatic heterocycles. The Hall–Kier alpha value is -3.50.